The van der Waals surface area contributed by atoms with E-state index in [1.807, 2.05) is 13.8 Å². The number of morpholine rings is 1. The highest BCUT2D eigenvalue weighted by Crippen LogP contribution is 2.09. The van der Waals surface area contributed by atoms with Crippen molar-refractivity contribution in [3.8, 4) is 0 Å². The van der Waals surface area contributed by atoms with E-state index in [1.165, 1.54) is 0 Å². The molecule has 1 amide bonds. The van der Waals surface area contributed by atoms with E-state index < -0.39 is 6.04 Å². The van der Waals surface area contributed by atoms with Gasteiger partial charge < -0.3 is 20.1 Å². The van der Waals surface area contributed by atoms with E-state index in [-0.39, 0.29) is 17.9 Å². The lowest BCUT2D eigenvalue weighted by Gasteiger charge is -2.34. The molecule has 0 spiro atoms. The van der Waals surface area contributed by atoms with Crippen LogP contribution in [0.5, 0.6) is 0 Å². The van der Waals surface area contributed by atoms with Crippen molar-refractivity contribution in [2.75, 3.05) is 33.4 Å². The van der Waals surface area contributed by atoms with Crippen molar-refractivity contribution in [3.05, 3.63) is 0 Å². The van der Waals surface area contributed by atoms with Crippen molar-refractivity contribution in [2.45, 2.75) is 26.0 Å². The molecule has 1 unspecified atom stereocenters. The Balaban J connectivity index is 2.49. The molecule has 2 atom stereocenters. The summed E-state index contributed by atoms with van der Waals surface area (Å²) >= 11 is 0. The molecule has 0 bridgehead atoms. The zero-order valence-corrected chi connectivity index (χ0v) is 10.3. The molecule has 0 aliphatic carbocycles. The third-order valence-electron chi connectivity index (χ3n) is 2.81. The predicted molar refractivity (Wildman–Crippen MR) is 61.0 cm³/mol. The molecule has 0 aromatic carbocycles. The summed E-state index contributed by atoms with van der Waals surface area (Å²) in [5.74, 6) is 0.177. The highest BCUT2D eigenvalue weighted by Gasteiger charge is 2.28. The molecule has 1 rings (SSSR count). The number of methoxy groups -OCH3 is 1. The van der Waals surface area contributed by atoms with E-state index in [1.54, 1.807) is 12.0 Å². The van der Waals surface area contributed by atoms with Crippen LogP contribution in [-0.4, -0.2) is 56.4 Å². The monoisotopic (exact) mass is 230 g/mol. The summed E-state index contributed by atoms with van der Waals surface area (Å²) in [5, 5.41) is 0. The molecule has 2 N–H and O–H groups in total. The maximum atomic E-state index is 12.0. The van der Waals surface area contributed by atoms with Crippen LogP contribution < -0.4 is 5.73 Å². The maximum Gasteiger partial charge on any atom is 0.239 e. The van der Waals surface area contributed by atoms with Crippen LogP contribution in [0.1, 0.15) is 13.8 Å². The van der Waals surface area contributed by atoms with Crippen LogP contribution in [-0.2, 0) is 14.3 Å². The first-order valence-electron chi connectivity index (χ1n) is 5.71. The summed E-state index contributed by atoms with van der Waals surface area (Å²) in [4.78, 5) is 13.8. The highest BCUT2D eigenvalue weighted by atomic mass is 16.5. The lowest BCUT2D eigenvalue weighted by Crippen LogP contribution is -2.53. The number of hydrogen-bond donors (Lipinski definition) is 1. The quantitative estimate of drug-likeness (QED) is 0.729. The first-order valence-corrected chi connectivity index (χ1v) is 5.71. The topological polar surface area (TPSA) is 64.8 Å². The number of amides is 1. The van der Waals surface area contributed by atoms with Crippen LogP contribution in [0.15, 0.2) is 0 Å². The molecule has 94 valence electrons. The molecule has 5 heteroatoms. The van der Waals surface area contributed by atoms with Crippen molar-refractivity contribution in [1.29, 1.82) is 0 Å². The molecule has 1 fully saturated rings. The average Bonchev–Trinajstić information content (AvgIpc) is 2.28. The van der Waals surface area contributed by atoms with Crippen LogP contribution in [0, 0.1) is 5.92 Å². The number of ether oxygens (including phenoxy) is 2. The molecule has 5 nitrogen and oxygen atoms in total. The Hall–Kier alpha value is -0.650. The zero-order valence-electron chi connectivity index (χ0n) is 10.3. The third kappa shape index (κ3) is 3.43. The van der Waals surface area contributed by atoms with Gasteiger partial charge in [0.15, 0.2) is 0 Å². The van der Waals surface area contributed by atoms with Crippen LogP contribution in [0.3, 0.4) is 0 Å². The van der Waals surface area contributed by atoms with Gasteiger partial charge in [0.1, 0.15) is 0 Å². The van der Waals surface area contributed by atoms with Crippen molar-refractivity contribution < 1.29 is 14.3 Å². The predicted octanol–water partition coefficient (Wildman–Crippen LogP) is -0.156. The molecule has 1 heterocycles. The molecule has 16 heavy (non-hydrogen) atoms. The van der Waals surface area contributed by atoms with Crippen molar-refractivity contribution >= 4 is 5.91 Å². The summed E-state index contributed by atoms with van der Waals surface area (Å²) in [7, 11) is 1.63. The van der Waals surface area contributed by atoms with Crippen LogP contribution in [0.2, 0.25) is 0 Å². The van der Waals surface area contributed by atoms with Gasteiger partial charge in [-0.15, -0.1) is 0 Å². The smallest absolute Gasteiger partial charge is 0.239 e. The minimum atomic E-state index is -0.415. The molecule has 0 aromatic rings. The fraction of sp³-hybridized carbons (Fsp3) is 0.909. The first kappa shape index (κ1) is 13.4. The number of hydrogen-bond acceptors (Lipinski definition) is 4. The molecule has 1 aliphatic heterocycles. The Morgan fingerprint density at radius 2 is 2.31 bits per heavy atom. The Bertz CT molecular complexity index is 231. The van der Waals surface area contributed by atoms with Gasteiger partial charge in [-0.05, 0) is 5.92 Å². The van der Waals surface area contributed by atoms with E-state index in [0.717, 1.165) is 0 Å². The van der Waals surface area contributed by atoms with Crippen molar-refractivity contribution in [3.63, 3.8) is 0 Å². The fourth-order valence-corrected chi connectivity index (χ4v) is 1.70. The maximum absolute atomic E-state index is 12.0. The lowest BCUT2D eigenvalue weighted by molar-refractivity contribution is -0.143. The number of nitrogens with zero attached hydrogens (tertiary/aromatic N) is 1. The van der Waals surface area contributed by atoms with E-state index in [0.29, 0.717) is 26.3 Å². The normalized spacial score (nSPS) is 23.6. The third-order valence-corrected chi connectivity index (χ3v) is 2.81. The fourth-order valence-electron chi connectivity index (χ4n) is 1.70. The molecule has 0 saturated carbocycles. The summed E-state index contributed by atoms with van der Waals surface area (Å²) in [5.41, 5.74) is 5.85. The zero-order chi connectivity index (χ0) is 12.1. The van der Waals surface area contributed by atoms with Gasteiger partial charge in [0.2, 0.25) is 5.91 Å². The summed E-state index contributed by atoms with van der Waals surface area (Å²) in [6.45, 7) is 6.18. The Kier molecular flexibility index (Phi) is 5.18. The molecular weight excluding hydrogens is 208 g/mol. The first-order chi connectivity index (χ1) is 7.56. The largest absolute Gasteiger partial charge is 0.382 e. The summed E-state index contributed by atoms with van der Waals surface area (Å²) in [6, 6.07) is -0.415. The standard InChI is InChI=1S/C11H22N2O3/c1-8(2)10(12)11(14)13-4-5-16-9(6-13)7-15-3/h8-10H,4-7,12H2,1-3H3/t9?,10-/m0/s1. The van der Waals surface area contributed by atoms with Gasteiger partial charge in [-0.2, -0.15) is 0 Å². The van der Waals surface area contributed by atoms with Gasteiger partial charge in [0.05, 0.1) is 25.4 Å². The summed E-state index contributed by atoms with van der Waals surface area (Å²) in [6.07, 6.45) is -0.0259. The van der Waals surface area contributed by atoms with Crippen LogP contribution in [0.4, 0.5) is 0 Å². The Morgan fingerprint density at radius 1 is 1.62 bits per heavy atom. The van der Waals surface area contributed by atoms with Crippen molar-refractivity contribution in [1.82, 2.24) is 4.90 Å². The number of rotatable bonds is 4. The summed E-state index contributed by atoms with van der Waals surface area (Å²) < 4.78 is 10.5. The second-order valence-corrected chi connectivity index (χ2v) is 4.50. The number of carbonyl (C=O) groups excluding carboxylic acids is 1. The molecule has 0 aromatic heterocycles. The second-order valence-electron chi connectivity index (χ2n) is 4.50. The molecular formula is C11H22N2O3. The van der Waals surface area contributed by atoms with Crippen LogP contribution in [0.25, 0.3) is 0 Å². The SMILES string of the molecule is COCC1CN(C(=O)[C@@H](N)C(C)C)CCO1. The number of nitrogens with two attached hydrogens (primary N) is 1. The van der Waals surface area contributed by atoms with Gasteiger partial charge in [-0.25, -0.2) is 0 Å². The highest BCUT2D eigenvalue weighted by molar-refractivity contribution is 5.82. The number of carbonyl (C=O) groups is 1. The second kappa shape index (κ2) is 6.18. The van der Waals surface area contributed by atoms with E-state index in [9.17, 15) is 4.79 Å². The molecule has 0 radical (unpaired) electrons. The van der Waals surface area contributed by atoms with Gasteiger partial charge in [-0.3, -0.25) is 4.79 Å². The van der Waals surface area contributed by atoms with E-state index in [4.69, 9.17) is 15.2 Å². The lowest BCUT2D eigenvalue weighted by atomic mass is 10.0. The molecule has 1 aliphatic rings. The Morgan fingerprint density at radius 3 is 2.88 bits per heavy atom. The van der Waals surface area contributed by atoms with Gasteiger partial charge >= 0.3 is 0 Å². The average molecular weight is 230 g/mol. The Labute approximate surface area is 96.9 Å². The van der Waals surface area contributed by atoms with Crippen molar-refractivity contribution in [2.24, 2.45) is 11.7 Å². The minimum absolute atomic E-state index is 0.0133. The minimum Gasteiger partial charge on any atom is -0.382 e. The van der Waals surface area contributed by atoms with Gasteiger partial charge in [0, 0.05) is 20.2 Å². The van der Waals surface area contributed by atoms with E-state index >= 15 is 0 Å². The van der Waals surface area contributed by atoms with Crippen LogP contribution >= 0.6 is 0 Å². The van der Waals surface area contributed by atoms with E-state index in [2.05, 4.69) is 0 Å². The van der Waals surface area contributed by atoms with Gasteiger partial charge in [0.25, 0.3) is 0 Å². The van der Waals surface area contributed by atoms with Gasteiger partial charge in [-0.1, -0.05) is 13.8 Å². The molecule has 1 saturated heterocycles.